The minimum Gasteiger partial charge on any atom is -0.481 e. The summed E-state index contributed by atoms with van der Waals surface area (Å²) in [7, 11) is 0. The average molecular weight is 439 g/mol. The number of carboxylic acid groups (broad SMARTS) is 3. The lowest BCUT2D eigenvalue weighted by molar-refractivity contribution is -0.143. The van der Waals surface area contributed by atoms with E-state index >= 15 is 0 Å². The number of amides is 1. The number of hydrogen-bond donors (Lipinski definition) is 5. The molecule has 1 aromatic carbocycles. The van der Waals surface area contributed by atoms with Crippen molar-refractivity contribution in [3.05, 3.63) is 35.4 Å². The van der Waals surface area contributed by atoms with Crippen LogP contribution in [0.2, 0.25) is 0 Å². The van der Waals surface area contributed by atoms with Crippen molar-refractivity contribution in [1.29, 1.82) is 0 Å². The number of aryl methyl sites for hydroxylation is 2. The van der Waals surface area contributed by atoms with Crippen molar-refractivity contribution < 1.29 is 34.5 Å². The molecule has 0 aliphatic carbocycles. The Kier molecular flexibility index (Phi) is 13.5. The maximum atomic E-state index is 11.1. The molecule has 1 rings (SSSR count). The molecule has 1 unspecified atom stereocenters. The zero-order valence-electron chi connectivity index (χ0n) is 18.1. The summed E-state index contributed by atoms with van der Waals surface area (Å²) >= 11 is 0. The van der Waals surface area contributed by atoms with Gasteiger partial charge in [0.1, 0.15) is 6.04 Å². The number of hydrogen-bond acceptors (Lipinski definition) is 5. The van der Waals surface area contributed by atoms with Gasteiger partial charge < -0.3 is 26.8 Å². The summed E-state index contributed by atoms with van der Waals surface area (Å²) < 4.78 is 0. The molecule has 0 aromatic heterocycles. The van der Waals surface area contributed by atoms with Gasteiger partial charge in [0, 0.05) is 12.3 Å². The molecule has 0 radical (unpaired) electrons. The molecule has 174 valence electrons. The van der Waals surface area contributed by atoms with Crippen LogP contribution in [0.1, 0.15) is 57.1 Å². The van der Waals surface area contributed by atoms with Gasteiger partial charge >= 0.3 is 17.9 Å². The number of carbonyl (C=O) groups is 4. The monoisotopic (exact) mass is 438 g/mol. The van der Waals surface area contributed by atoms with E-state index in [0.29, 0.717) is 12.8 Å². The maximum Gasteiger partial charge on any atom is 0.320 e. The molecule has 9 nitrogen and oxygen atoms in total. The van der Waals surface area contributed by atoms with E-state index < -0.39 is 41.7 Å². The Hall–Kier alpha value is -2.94. The molecule has 0 saturated heterocycles. The van der Waals surface area contributed by atoms with Gasteiger partial charge in [0.05, 0.1) is 5.92 Å². The minimum absolute atomic E-state index is 0.0880. The summed E-state index contributed by atoms with van der Waals surface area (Å²) in [6.45, 7) is 3.68. The first-order valence-corrected chi connectivity index (χ1v) is 10.3. The number of benzene rings is 1. The molecule has 31 heavy (non-hydrogen) atoms. The van der Waals surface area contributed by atoms with Gasteiger partial charge in [-0.25, -0.2) is 0 Å². The number of carbonyl (C=O) groups excluding carboxylic acids is 1. The van der Waals surface area contributed by atoms with Gasteiger partial charge in [-0.2, -0.15) is 0 Å². The topological polar surface area (TPSA) is 181 Å². The van der Waals surface area contributed by atoms with Crippen LogP contribution in [0.25, 0.3) is 0 Å². The molecule has 9 heteroatoms. The molecule has 0 saturated carbocycles. The summed E-state index contributed by atoms with van der Waals surface area (Å²) in [5.41, 5.74) is 12.4. The first-order chi connectivity index (χ1) is 14.5. The van der Waals surface area contributed by atoms with Gasteiger partial charge in [0.2, 0.25) is 5.91 Å². The number of aliphatic carboxylic acids is 3. The Bertz CT molecular complexity index is 701. The zero-order chi connectivity index (χ0) is 24.0. The molecule has 0 bridgehead atoms. The third-order valence-electron chi connectivity index (χ3n) is 4.81. The molecule has 0 aliphatic heterocycles. The lowest BCUT2D eigenvalue weighted by Crippen LogP contribution is -2.35. The second kappa shape index (κ2) is 15.0. The van der Waals surface area contributed by atoms with Crippen molar-refractivity contribution in [2.45, 2.75) is 64.8 Å². The molecule has 0 heterocycles. The molecule has 1 aromatic rings. The molecular weight excluding hydrogens is 404 g/mol. The van der Waals surface area contributed by atoms with Crippen LogP contribution in [0.3, 0.4) is 0 Å². The zero-order valence-corrected chi connectivity index (χ0v) is 18.1. The van der Waals surface area contributed by atoms with E-state index in [4.69, 9.17) is 26.8 Å². The van der Waals surface area contributed by atoms with Crippen LogP contribution in [0.15, 0.2) is 24.3 Å². The van der Waals surface area contributed by atoms with E-state index in [0.717, 1.165) is 18.4 Å². The number of primary amides is 1. The van der Waals surface area contributed by atoms with Gasteiger partial charge in [0.25, 0.3) is 0 Å². The fraction of sp³-hybridized carbons (Fsp3) is 0.545. The van der Waals surface area contributed by atoms with Crippen molar-refractivity contribution in [1.82, 2.24) is 0 Å². The second-order valence-electron chi connectivity index (χ2n) is 7.56. The number of carboxylic acids is 3. The van der Waals surface area contributed by atoms with E-state index in [2.05, 4.69) is 19.1 Å². The van der Waals surface area contributed by atoms with Crippen LogP contribution in [0.5, 0.6) is 0 Å². The molecule has 7 N–H and O–H groups in total. The predicted octanol–water partition coefficient (Wildman–Crippen LogP) is 2.05. The van der Waals surface area contributed by atoms with E-state index in [1.807, 2.05) is 12.1 Å². The standard InChI is InChI=1S/C16H22O4.C6H12N2O3/c1-2-3-12-4-6-13(7-5-12)8-9-14(16(19)20)10-11-15(17)18;1-3(5(8)9)2-4(7)6(10)11/h4-7,14H,2-3,8-11H2,1H3,(H,17,18)(H,19,20);3-4H,2,7H2,1H3,(H2,8,9)(H,10,11)/t14-;3?,4-/m10/s1. The molecular formula is C22H34N2O7. The summed E-state index contributed by atoms with van der Waals surface area (Å²) in [5.74, 6) is -4.56. The van der Waals surface area contributed by atoms with Gasteiger partial charge in [-0.15, -0.1) is 0 Å². The van der Waals surface area contributed by atoms with Crippen molar-refractivity contribution in [3.63, 3.8) is 0 Å². The number of rotatable bonds is 13. The lowest BCUT2D eigenvalue weighted by atomic mass is 9.94. The van der Waals surface area contributed by atoms with Crippen LogP contribution in [-0.4, -0.2) is 45.2 Å². The minimum atomic E-state index is -1.11. The van der Waals surface area contributed by atoms with Crippen molar-refractivity contribution in [3.8, 4) is 0 Å². The van der Waals surface area contributed by atoms with Gasteiger partial charge in [0.15, 0.2) is 0 Å². The third-order valence-corrected chi connectivity index (χ3v) is 4.81. The van der Waals surface area contributed by atoms with Gasteiger partial charge in [-0.3, -0.25) is 19.2 Å². The van der Waals surface area contributed by atoms with Crippen molar-refractivity contribution in [2.24, 2.45) is 23.3 Å². The summed E-state index contributed by atoms with van der Waals surface area (Å²) in [5, 5.41) is 26.0. The largest absolute Gasteiger partial charge is 0.481 e. The Labute approximate surface area is 182 Å². The molecule has 1 amide bonds. The second-order valence-corrected chi connectivity index (χ2v) is 7.56. The Morgan fingerprint density at radius 3 is 1.81 bits per heavy atom. The molecule has 0 spiro atoms. The van der Waals surface area contributed by atoms with Crippen LogP contribution >= 0.6 is 0 Å². The fourth-order valence-corrected chi connectivity index (χ4v) is 2.79. The SMILES string of the molecule is CC(C[C@H](N)C(=O)O)C(N)=O.CCCc1ccc(CC[C@H](CCC(=O)O)C(=O)O)cc1. The predicted molar refractivity (Wildman–Crippen MR) is 115 cm³/mol. The Morgan fingerprint density at radius 1 is 0.903 bits per heavy atom. The molecule has 0 fully saturated rings. The Balaban J connectivity index is 0.000000695. The first-order valence-electron chi connectivity index (χ1n) is 10.3. The van der Waals surface area contributed by atoms with Gasteiger partial charge in [-0.1, -0.05) is 44.5 Å². The highest BCUT2D eigenvalue weighted by Crippen LogP contribution is 2.16. The van der Waals surface area contributed by atoms with Gasteiger partial charge in [-0.05, 0) is 43.2 Å². The average Bonchev–Trinajstić information content (AvgIpc) is 2.69. The number of nitrogens with two attached hydrogens (primary N) is 2. The van der Waals surface area contributed by atoms with Crippen LogP contribution in [0.4, 0.5) is 0 Å². The third kappa shape index (κ3) is 13.1. The molecule has 3 atom stereocenters. The van der Waals surface area contributed by atoms with Crippen molar-refractivity contribution >= 4 is 23.8 Å². The smallest absolute Gasteiger partial charge is 0.320 e. The lowest BCUT2D eigenvalue weighted by Gasteiger charge is -2.11. The van der Waals surface area contributed by atoms with E-state index in [1.165, 1.54) is 5.56 Å². The normalized spacial score (nSPS) is 13.3. The quantitative estimate of drug-likeness (QED) is 0.310. The summed E-state index contributed by atoms with van der Waals surface area (Å²) in [6, 6.07) is 7.21. The van der Waals surface area contributed by atoms with Crippen LogP contribution in [-0.2, 0) is 32.0 Å². The highest BCUT2D eigenvalue weighted by Gasteiger charge is 2.19. The van der Waals surface area contributed by atoms with E-state index in [1.54, 1.807) is 6.92 Å². The maximum absolute atomic E-state index is 11.1. The van der Waals surface area contributed by atoms with E-state index in [-0.39, 0.29) is 19.3 Å². The summed E-state index contributed by atoms with van der Waals surface area (Å²) in [4.78, 5) is 42.2. The van der Waals surface area contributed by atoms with Crippen LogP contribution in [0, 0.1) is 11.8 Å². The molecule has 0 aliphatic rings. The van der Waals surface area contributed by atoms with Crippen molar-refractivity contribution in [2.75, 3.05) is 0 Å². The summed E-state index contributed by atoms with van der Waals surface area (Å²) in [6.07, 6.45) is 3.50. The fourth-order valence-electron chi connectivity index (χ4n) is 2.79. The first kappa shape index (κ1) is 28.1. The highest BCUT2D eigenvalue weighted by molar-refractivity contribution is 5.78. The van der Waals surface area contributed by atoms with E-state index in [9.17, 15) is 19.2 Å². The highest BCUT2D eigenvalue weighted by atomic mass is 16.4. The Morgan fingerprint density at radius 2 is 1.42 bits per heavy atom. The van der Waals surface area contributed by atoms with Crippen LogP contribution < -0.4 is 11.5 Å².